The Morgan fingerprint density at radius 3 is 2.35 bits per heavy atom. The average Bonchev–Trinajstić information content (AvgIpc) is 2.31. The highest BCUT2D eigenvalue weighted by molar-refractivity contribution is 5.86. The Morgan fingerprint density at radius 1 is 1.30 bits per heavy atom. The van der Waals surface area contributed by atoms with Crippen LogP contribution in [0.3, 0.4) is 0 Å². The molecule has 0 aliphatic carbocycles. The maximum absolute atomic E-state index is 12.1. The summed E-state index contributed by atoms with van der Waals surface area (Å²) in [6, 6.07) is -1.29. The van der Waals surface area contributed by atoms with Crippen LogP contribution < -0.4 is 16.4 Å². The largest absolute Gasteiger partial charge is 0.396 e. The number of amides is 3. The third kappa shape index (κ3) is 8.74. The molecule has 3 amide bonds. The van der Waals surface area contributed by atoms with Gasteiger partial charge in [-0.15, -0.1) is 0 Å². The van der Waals surface area contributed by atoms with Crippen molar-refractivity contribution in [1.82, 2.24) is 10.6 Å². The van der Waals surface area contributed by atoms with Gasteiger partial charge in [-0.2, -0.15) is 0 Å². The van der Waals surface area contributed by atoms with E-state index in [1.165, 1.54) is 0 Å². The molecule has 0 aliphatic heterocycles. The van der Waals surface area contributed by atoms with Gasteiger partial charge in [-0.1, -0.05) is 27.7 Å². The lowest BCUT2D eigenvalue weighted by molar-refractivity contribution is -0.123. The van der Waals surface area contributed by atoms with E-state index in [0.717, 1.165) is 6.42 Å². The van der Waals surface area contributed by atoms with Crippen LogP contribution in [-0.4, -0.2) is 36.2 Å². The van der Waals surface area contributed by atoms with Gasteiger partial charge >= 0.3 is 6.03 Å². The smallest absolute Gasteiger partial charge is 0.312 e. The summed E-state index contributed by atoms with van der Waals surface area (Å²) < 4.78 is 0. The molecule has 6 heteroatoms. The molecular weight excluding hydrogens is 258 g/mol. The Bertz CT molecular complexity index is 317. The minimum atomic E-state index is -0.689. The first-order chi connectivity index (χ1) is 9.18. The van der Waals surface area contributed by atoms with Crippen LogP contribution in [0.25, 0.3) is 0 Å². The van der Waals surface area contributed by atoms with Gasteiger partial charge in [0.05, 0.1) is 0 Å². The van der Waals surface area contributed by atoms with E-state index in [1.54, 1.807) is 0 Å². The van der Waals surface area contributed by atoms with Crippen molar-refractivity contribution < 1.29 is 14.7 Å². The van der Waals surface area contributed by atoms with Gasteiger partial charge in [0.1, 0.15) is 6.04 Å². The van der Waals surface area contributed by atoms with Crippen LogP contribution in [0, 0.1) is 11.3 Å². The van der Waals surface area contributed by atoms with Crippen molar-refractivity contribution in [2.45, 2.75) is 53.0 Å². The number of carbonyl (C=O) groups is 2. The molecule has 0 rings (SSSR count). The summed E-state index contributed by atoms with van der Waals surface area (Å²) in [7, 11) is 0. The van der Waals surface area contributed by atoms with Crippen molar-refractivity contribution in [2.24, 2.45) is 17.1 Å². The maximum atomic E-state index is 12.1. The molecule has 0 saturated carbocycles. The quantitative estimate of drug-likeness (QED) is 0.508. The third-order valence-electron chi connectivity index (χ3n) is 3.09. The van der Waals surface area contributed by atoms with Crippen molar-refractivity contribution in [3.8, 4) is 0 Å². The Labute approximate surface area is 121 Å². The Hall–Kier alpha value is -1.30. The topological polar surface area (TPSA) is 104 Å². The summed E-state index contributed by atoms with van der Waals surface area (Å²) >= 11 is 0. The number of nitrogens with one attached hydrogen (secondary N) is 2. The Morgan fingerprint density at radius 2 is 1.90 bits per heavy atom. The second-order valence-electron chi connectivity index (χ2n) is 6.40. The van der Waals surface area contributed by atoms with Gasteiger partial charge in [0, 0.05) is 13.2 Å². The molecule has 0 bridgehead atoms. The molecule has 5 N–H and O–H groups in total. The predicted octanol–water partition coefficient (Wildman–Crippen LogP) is 0.984. The van der Waals surface area contributed by atoms with Gasteiger partial charge in [-0.05, 0) is 30.6 Å². The highest BCUT2D eigenvalue weighted by Crippen LogP contribution is 2.20. The van der Waals surface area contributed by atoms with Gasteiger partial charge < -0.3 is 21.5 Å². The highest BCUT2D eigenvalue weighted by Gasteiger charge is 2.24. The summed E-state index contributed by atoms with van der Waals surface area (Å²) in [5.41, 5.74) is 5.01. The Balaban J connectivity index is 4.41. The predicted molar refractivity (Wildman–Crippen MR) is 79.1 cm³/mol. The number of urea groups is 1. The lowest BCUT2D eigenvalue weighted by Gasteiger charge is -2.26. The van der Waals surface area contributed by atoms with Crippen molar-refractivity contribution in [3.05, 3.63) is 0 Å². The molecule has 1 atom stereocenters. The van der Waals surface area contributed by atoms with Gasteiger partial charge in [0.15, 0.2) is 0 Å². The lowest BCUT2D eigenvalue weighted by Crippen LogP contribution is -2.50. The van der Waals surface area contributed by atoms with Crippen LogP contribution in [0.15, 0.2) is 0 Å². The summed E-state index contributed by atoms with van der Waals surface area (Å²) in [5.74, 6) is 0.0644. The number of aliphatic hydroxyl groups is 1. The molecule has 0 heterocycles. The second kappa shape index (κ2) is 8.79. The summed E-state index contributed by atoms with van der Waals surface area (Å²) in [6.45, 7) is 8.67. The first-order valence-corrected chi connectivity index (χ1v) is 7.12. The number of aliphatic hydroxyl groups excluding tert-OH is 1. The number of nitrogens with two attached hydrogens (primary N) is 1. The molecule has 0 aromatic rings. The third-order valence-corrected chi connectivity index (χ3v) is 3.09. The molecule has 1 unspecified atom stereocenters. The molecule has 0 saturated heterocycles. The van der Waals surface area contributed by atoms with E-state index in [-0.39, 0.29) is 23.8 Å². The number of carbonyl (C=O) groups excluding carboxylic acids is 2. The molecule has 0 radical (unpaired) electrons. The van der Waals surface area contributed by atoms with E-state index >= 15 is 0 Å². The molecule has 0 aliphatic rings. The minimum absolute atomic E-state index is 0.0898. The van der Waals surface area contributed by atoms with Crippen molar-refractivity contribution in [1.29, 1.82) is 0 Å². The number of primary amides is 1. The molecule has 6 nitrogen and oxygen atoms in total. The molecule has 0 fully saturated rings. The first-order valence-electron chi connectivity index (χ1n) is 7.12. The summed E-state index contributed by atoms with van der Waals surface area (Å²) in [5, 5.41) is 14.2. The molecular formula is C14H29N3O3. The van der Waals surface area contributed by atoms with Gasteiger partial charge in [0.25, 0.3) is 0 Å². The van der Waals surface area contributed by atoms with Crippen molar-refractivity contribution in [2.75, 3.05) is 13.2 Å². The fourth-order valence-electron chi connectivity index (χ4n) is 1.97. The van der Waals surface area contributed by atoms with E-state index in [0.29, 0.717) is 19.4 Å². The molecule has 118 valence electrons. The van der Waals surface area contributed by atoms with Crippen molar-refractivity contribution in [3.63, 3.8) is 0 Å². The zero-order valence-electron chi connectivity index (χ0n) is 13.0. The van der Waals surface area contributed by atoms with Gasteiger partial charge in [-0.3, -0.25) is 4.79 Å². The lowest BCUT2D eigenvalue weighted by atomic mass is 9.87. The molecule has 20 heavy (non-hydrogen) atoms. The van der Waals surface area contributed by atoms with Crippen molar-refractivity contribution >= 4 is 11.9 Å². The van der Waals surface area contributed by atoms with Crippen LogP contribution in [0.2, 0.25) is 0 Å². The SMILES string of the molecule is CC(C)CC(NC(N)=O)C(=O)NCC(C)(C)CCCO. The van der Waals surface area contributed by atoms with E-state index in [1.807, 2.05) is 27.7 Å². The molecule has 0 aromatic heterocycles. The summed E-state index contributed by atoms with van der Waals surface area (Å²) in [4.78, 5) is 23.0. The summed E-state index contributed by atoms with van der Waals surface area (Å²) in [6.07, 6.45) is 2.07. The van der Waals surface area contributed by atoms with Gasteiger partial charge in [-0.25, -0.2) is 4.79 Å². The van der Waals surface area contributed by atoms with Crippen LogP contribution >= 0.6 is 0 Å². The van der Waals surface area contributed by atoms with E-state index in [9.17, 15) is 9.59 Å². The second-order valence-corrected chi connectivity index (χ2v) is 6.40. The van der Waals surface area contributed by atoms with Crippen LogP contribution in [-0.2, 0) is 4.79 Å². The monoisotopic (exact) mass is 287 g/mol. The number of rotatable bonds is 9. The van der Waals surface area contributed by atoms with E-state index in [2.05, 4.69) is 10.6 Å². The van der Waals surface area contributed by atoms with Crippen LogP contribution in [0.1, 0.15) is 47.0 Å². The average molecular weight is 287 g/mol. The highest BCUT2D eigenvalue weighted by atomic mass is 16.3. The number of hydrogen-bond donors (Lipinski definition) is 4. The molecule has 0 spiro atoms. The normalized spacial score (nSPS) is 13.1. The first kappa shape index (κ1) is 18.7. The number of hydrogen-bond acceptors (Lipinski definition) is 3. The Kier molecular flexibility index (Phi) is 8.22. The zero-order valence-corrected chi connectivity index (χ0v) is 13.0. The van der Waals surface area contributed by atoms with Crippen LogP contribution in [0.5, 0.6) is 0 Å². The molecule has 0 aromatic carbocycles. The van der Waals surface area contributed by atoms with Crippen LogP contribution in [0.4, 0.5) is 4.79 Å². The van der Waals surface area contributed by atoms with Gasteiger partial charge in [0.2, 0.25) is 5.91 Å². The van der Waals surface area contributed by atoms with E-state index in [4.69, 9.17) is 10.8 Å². The fourth-order valence-corrected chi connectivity index (χ4v) is 1.97. The fraction of sp³-hybridized carbons (Fsp3) is 0.857. The maximum Gasteiger partial charge on any atom is 0.312 e. The minimum Gasteiger partial charge on any atom is -0.396 e. The standard InChI is InChI=1S/C14H29N3O3/c1-10(2)8-11(17-13(15)20)12(19)16-9-14(3,4)6-5-7-18/h10-11,18H,5-9H2,1-4H3,(H,16,19)(H3,15,17,20). The zero-order chi connectivity index (χ0) is 15.8. The van der Waals surface area contributed by atoms with E-state index < -0.39 is 12.1 Å².